The van der Waals surface area contributed by atoms with Crippen molar-refractivity contribution in [3.63, 3.8) is 0 Å². The summed E-state index contributed by atoms with van der Waals surface area (Å²) in [6.45, 7) is 8.28. The third-order valence-electron chi connectivity index (χ3n) is 3.78. The summed E-state index contributed by atoms with van der Waals surface area (Å²) in [7, 11) is 0. The monoisotopic (exact) mass is 252 g/mol. The maximum absolute atomic E-state index is 12.3. The van der Waals surface area contributed by atoms with E-state index in [2.05, 4.69) is 17.1 Å². The molecule has 0 N–H and O–H groups in total. The second kappa shape index (κ2) is 6.90. The van der Waals surface area contributed by atoms with Crippen molar-refractivity contribution < 1.29 is 9.53 Å². The van der Waals surface area contributed by atoms with Gasteiger partial charge in [0.2, 0.25) is 5.91 Å². The van der Waals surface area contributed by atoms with E-state index in [0.29, 0.717) is 12.5 Å². The highest BCUT2D eigenvalue weighted by atomic mass is 16.5. The van der Waals surface area contributed by atoms with Gasteiger partial charge in [-0.15, -0.1) is 0 Å². The molecule has 2 aliphatic rings. The fourth-order valence-corrected chi connectivity index (χ4v) is 2.62. The standard InChI is InChI=1S/C14H24N2O2/c1-2-3-6-15-7-4-8-16(10-9-15)14(17)13-5-11-18-12-13/h2-3,13H,4-12H2,1H3/b3-2+. The molecule has 0 aliphatic carbocycles. The van der Waals surface area contributed by atoms with Crippen LogP contribution in [0.2, 0.25) is 0 Å². The Morgan fingerprint density at radius 3 is 2.94 bits per heavy atom. The molecule has 2 fully saturated rings. The predicted octanol–water partition coefficient (Wildman–Crippen LogP) is 1.13. The summed E-state index contributed by atoms with van der Waals surface area (Å²) in [4.78, 5) is 16.7. The van der Waals surface area contributed by atoms with E-state index < -0.39 is 0 Å². The van der Waals surface area contributed by atoms with E-state index in [1.165, 1.54) is 0 Å². The third-order valence-corrected chi connectivity index (χ3v) is 3.78. The van der Waals surface area contributed by atoms with E-state index in [4.69, 9.17) is 4.74 Å². The minimum atomic E-state index is 0.118. The van der Waals surface area contributed by atoms with Crippen LogP contribution in [0.25, 0.3) is 0 Å². The molecule has 2 aliphatic heterocycles. The van der Waals surface area contributed by atoms with Gasteiger partial charge in [0.05, 0.1) is 12.5 Å². The molecule has 0 spiro atoms. The first-order chi connectivity index (χ1) is 8.81. The van der Waals surface area contributed by atoms with Crippen molar-refractivity contribution in [2.45, 2.75) is 19.8 Å². The van der Waals surface area contributed by atoms with E-state index in [9.17, 15) is 4.79 Å². The predicted molar refractivity (Wildman–Crippen MR) is 71.4 cm³/mol. The molecule has 4 nitrogen and oxygen atoms in total. The van der Waals surface area contributed by atoms with Crippen molar-refractivity contribution in [1.82, 2.24) is 9.80 Å². The second-order valence-corrected chi connectivity index (χ2v) is 5.11. The van der Waals surface area contributed by atoms with Gasteiger partial charge in [-0.1, -0.05) is 12.2 Å². The number of allylic oxidation sites excluding steroid dienone is 1. The molecule has 2 heterocycles. The van der Waals surface area contributed by atoms with Crippen LogP contribution in [0.5, 0.6) is 0 Å². The molecule has 2 rings (SSSR count). The number of carbonyl (C=O) groups is 1. The molecule has 0 aromatic carbocycles. The summed E-state index contributed by atoms with van der Waals surface area (Å²) in [6, 6.07) is 0. The molecule has 0 saturated carbocycles. The van der Waals surface area contributed by atoms with Crippen LogP contribution in [-0.2, 0) is 9.53 Å². The Hall–Kier alpha value is -0.870. The van der Waals surface area contributed by atoms with Crippen LogP contribution in [-0.4, -0.2) is 61.6 Å². The highest BCUT2D eigenvalue weighted by Gasteiger charge is 2.28. The molecule has 0 radical (unpaired) electrons. The Bertz CT molecular complexity index is 298. The largest absolute Gasteiger partial charge is 0.381 e. The SMILES string of the molecule is C/C=C/CN1CCCN(C(=O)C2CCOC2)CC1. The van der Waals surface area contributed by atoms with Crippen molar-refractivity contribution in [3.05, 3.63) is 12.2 Å². The number of nitrogens with zero attached hydrogens (tertiary/aromatic N) is 2. The topological polar surface area (TPSA) is 32.8 Å². The van der Waals surface area contributed by atoms with Gasteiger partial charge in [0.15, 0.2) is 0 Å². The molecule has 102 valence electrons. The Morgan fingerprint density at radius 2 is 2.22 bits per heavy atom. The zero-order valence-corrected chi connectivity index (χ0v) is 11.3. The van der Waals surface area contributed by atoms with Gasteiger partial charge in [-0.05, 0) is 19.8 Å². The molecular formula is C14H24N2O2. The number of hydrogen-bond donors (Lipinski definition) is 0. The summed E-state index contributed by atoms with van der Waals surface area (Å²) < 4.78 is 5.31. The van der Waals surface area contributed by atoms with Gasteiger partial charge in [0.25, 0.3) is 0 Å². The van der Waals surface area contributed by atoms with Crippen LogP contribution in [0, 0.1) is 5.92 Å². The van der Waals surface area contributed by atoms with E-state index in [0.717, 1.165) is 52.2 Å². The maximum atomic E-state index is 12.3. The summed E-state index contributed by atoms with van der Waals surface area (Å²) in [5.41, 5.74) is 0. The number of amides is 1. The smallest absolute Gasteiger partial charge is 0.228 e. The lowest BCUT2D eigenvalue weighted by atomic mass is 10.1. The summed E-state index contributed by atoms with van der Waals surface area (Å²) in [5.74, 6) is 0.424. The zero-order valence-electron chi connectivity index (χ0n) is 11.3. The van der Waals surface area contributed by atoms with Gasteiger partial charge in [-0.25, -0.2) is 0 Å². The zero-order chi connectivity index (χ0) is 12.8. The third kappa shape index (κ3) is 3.56. The second-order valence-electron chi connectivity index (χ2n) is 5.11. The number of carbonyl (C=O) groups excluding carboxylic acids is 1. The molecular weight excluding hydrogens is 228 g/mol. The molecule has 18 heavy (non-hydrogen) atoms. The minimum Gasteiger partial charge on any atom is -0.381 e. The van der Waals surface area contributed by atoms with Gasteiger partial charge in [-0.3, -0.25) is 9.69 Å². The van der Waals surface area contributed by atoms with Crippen LogP contribution < -0.4 is 0 Å². The van der Waals surface area contributed by atoms with Gasteiger partial charge in [0, 0.05) is 39.3 Å². The van der Waals surface area contributed by atoms with Crippen molar-refractivity contribution in [3.8, 4) is 0 Å². The lowest BCUT2D eigenvalue weighted by Gasteiger charge is -2.23. The average Bonchev–Trinajstić information content (AvgIpc) is 2.82. The fraction of sp³-hybridized carbons (Fsp3) is 0.786. The number of rotatable bonds is 3. The molecule has 2 saturated heterocycles. The van der Waals surface area contributed by atoms with Gasteiger partial charge < -0.3 is 9.64 Å². The van der Waals surface area contributed by atoms with Crippen molar-refractivity contribution in [2.75, 3.05) is 45.9 Å². The highest BCUT2D eigenvalue weighted by Crippen LogP contribution is 2.16. The number of hydrogen-bond acceptors (Lipinski definition) is 3. The maximum Gasteiger partial charge on any atom is 0.228 e. The van der Waals surface area contributed by atoms with Crippen LogP contribution in [0.1, 0.15) is 19.8 Å². The van der Waals surface area contributed by atoms with Crippen LogP contribution in [0.15, 0.2) is 12.2 Å². The minimum absolute atomic E-state index is 0.118. The lowest BCUT2D eigenvalue weighted by molar-refractivity contribution is -0.135. The van der Waals surface area contributed by atoms with Crippen LogP contribution in [0.4, 0.5) is 0 Å². The first kappa shape index (κ1) is 13.6. The first-order valence-corrected chi connectivity index (χ1v) is 7.01. The fourth-order valence-electron chi connectivity index (χ4n) is 2.62. The van der Waals surface area contributed by atoms with Gasteiger partial charge in [0.1, 0.15) is 0 Å². The van der Waals surface area contributed by atoms with E-state index in [1.807, 2.05) is 11.8 Å². The Morgan fingerprint density at radius 1 is 1.33 bits per heavy atom. The number of ether oxygens (including phenoxy) is 1. The Balaban J connectivity index is 1.82. The molecule has 1 atom stereocenters. The summed E-state index contributed by atoms with van der Waals surface area (Å²) in [6.07, 6.45) is 6.25. The highest BCUT2D eigenvalue weighted by molar-refractivity contribution is 5.79. The summed E-state index contributed by atoms with van der Waals surface area (Å²) >= 11 is 0. The van der Waals surface area contributed by atoms with Crippen LogP contribution in [0.3, 0.4) is 0 Å². The average molecular weight is 252 g/mol. The van der Waals surface area contributed by atoms with Crippen molar-refractivity contribution in [1.29, 1.82) is 0 Å². The lowest BCUT2D eigenvalue weighted by Crippen LogP contribution is -2.39. The van der Waals surface area contributed by atoms with E-state index in [-0.39, 0.29) is 5.92 Å². The Labute approximate surface area is 110 Å². The van der Waals surface area contributed by atoms with E-state index >= 15 is 0 Å². The molecule has 1 unspecified atom stereocenters. The molecule has 0 aromatic heterocycles. The van der Waals surface area contributed by atoms with Crippen molar-refractivity contribution in [2.24, 2.45) is 5.92 Å². The quantitative estimate of drug-likeness (QED) is 0.706. The normalized spacial score (nSPS) is 26.7. The molecule has 0 aromatic rings. The van der Waals surface area contributed by atoms with E-state index in [1.54, 1.807) is 0 Å². The van der Waals surface area contributed by atoms with Crippen LogP contribution >= 0.6 is 0 Å². The Kier molecular flexibility index (Phi) is 5.20. The summed E-state index contributed by atoms with van der Waals surface area (Å²) in [5, 5.41) is 0. The van der Waals surface area contributed by atoms with Gasteiger partial charge in [-0.2, -0.15) is 0 Å². The first-order valence-electron chi connectivity index (χ1n) is 7.01. The molecule has 0 bridgehead atoms. The molecule has 1 amide bonds. The van der Waals surface area contributed by atoms with Gasteiger partial charge >= 0.3 is 0 Å². The molecule has 4 heteroatoms. The van der Waals surface area contributed by atoms with Crippen molar-refractivity contribution >= 4 is 5.91 Å².